The minimum Gasteiger partial charge on any atom is -0.333 e. The van der Waals surface area contributed by atoms with Crippen LogP contribution in [-0.4, -0.2) is 27.3 Å². The van der Waals surface area contributed by atoms with Crippen molar-refractivity contribution in [1.82, 2.24) is 14.9 Å². The molecule has 1 atom stereocenters. The van der Waals surface area contributed by atoms with Gasteiger partial charge in [0.25, 0.3) is 0 Å². The summed E-state index contributed by atoms with van der Waals surface area (Å²) in [4.78, 5) is 22.9. The van der Waals surface area contributed by atoms with Crippen LogP contribution in [0.25, 0.3) is 11.3 Å². The van der Waals surface area contributed by atoms with E-state index in [1.807, 2.05) is 48.2 Å². The predicted molar refractivity (Wildman–Crippen MR) is 81.6 cm³/mol. The number of rotatable bonds is 2. The summed E-state index contributed by atoms with van der Waals surface area (Å²) in [6.45, 7) is 4.40. The number of likely N-dealkylation sites (tertiary alicyclic amines) is 1. The summed E-state index contributed by atoms with van der Waals surface area (Å²) >= 11 is 0. The highest BCUT2D eigenvalue weighted by atomic mass is 16.2. The molecule has 3 rings (SSSR count). The third-order valence-corrected chi connectivity index (χ3v) is 3.90. The molecule has 108 valence electrons. The Morgan fingerprint density at radius 3 is 2.71 bits per heavy atom. The van der Waals surface area contributed by atoms with Crippen molar-refractivity contribution in [1.29, 1.82) is 0 Å². The van der Waals surface area contributed by atoms with Gasteiger partial charge in [-0.3, -0.25) is 4.79 Å². The molecule has 2 heterocycles. The lowest BCUT2D eigenvalue weighted by Crippen LogP contribution is -2.29. The van der Waals surface area contributed by atoms with Crippen LogP contribution in [0.1, 0.15) is 37.3 Å². The van der Waals surface area contributed by atoms with Crippen molar-refractivity contribution in [2.24, 2.45) is 0 Å². The highest BCUT2D eigenvalue weighted by molar-refractivity contribution is 5.74. The molecule has 1 aliphatic heterocycles. The topological polar surface area (TPSA) is 46.1 Å². The van der Waals surface area contributed by atoms with E-state index in [-0.39, 0.29) is 11.9 Å². The molecule has 1 aliphatic rings. The van der Waals surface area contributed by atoms with Crippen molar-refractivity contribution >= 4 is 5.91 Å². The molecule has 2 aromatic rings. The normalized spacial score (nSPS) is 18.0. The Labute approximate surface area is 124 Å². The maximum Gasteiger partial charge on any atom is 0.220 e. The maximum atomic E-state index is 11.7. The van der Waals surface area contributed by atoms with Gasteiger partial charge in [-0.05, 0) is 25.8 Å². The van der Waals surface area contributed by atoms with Crippen molar-refractivity contribution in [3.8, 4) is 11.3 Å². The number of hydrogen-bond donors (Lipinski definition) is 0. The zero-order valence-corrected chi connectivity index (χ0v) is 12.4. The van der Waals surface area contributed by atoms with Gasteiger partial charge in [0, 0.05) is 24.7 Å². The van der Waals surface area contributed by atoms with E-state index in [0.717, 1.165) is 42.2 Å². The molecule has 0 spiro atoms. The molecular formula is C17H19N3O. The number of hydrogen-bond acceptors (Lipinski definition) is 3. The average Bonchev–Trinajstić information content (AvgIpc) is 2.97. The van der Waals surface area contributed by atoms with Crippen LogP contribution < -0.4 is 0 Å². The van der Waals surface area contributed by atoms with Gasteiger partial charge in [0.15, 0.2) is 5.82 Å². The second-order valence-corrected chi connectivity index (χ2v) is 5.49. The van der Waals surface area contributed by atoms with Crippen molar-refractivity contribution in [2.45, 2.75) is 32.7 Å². The number of nitrogens with zero attached hydrogens (tertiary/aromatic N) is 3. The van der Waals surface area contributed by atoms with E-state index in [1.54, 1.807) is 6.92 Å². The Hall–Kier alpha value is -2.23. The summed E-state index contributed by atoms with van der Waals surface area (Å²) in [6, 6.07) is 12.1. The molecule has 0 aliphatic carbocycles. The van der Waals surface area contributed by atoms with Crippen LogP contribution in [0.2, 0.25) is 0 Å². The molecule has 1 aromatic heterocycles. The lowest BCUT2D eigenvalue weighted by atomic mass is 10.1. The first-order valence-corrected chi connectivity index (χ1v) is 7.33. The summed E-state index contributed by atoms with van der Waals surface area (Å²) in [7, 11) is 0. The largest absolute Gasteiger partial charge is 0.333 e. The lowest BCUT2D eigenvalue weighted by molar-refractivity contribution is -0.129. The Balaban J connectivity index is 2.00. The Morgan fingerprint density at radius 2 is 2.00 bits per heavy atom. The molecule has 0 N–H and O–H groups in total. The molecule has 1 amide bonds. The van der Waals surface area contributed by atoms with Gasteiger partial charge in [-0.25, -0.2) is 9.97 Å². The van der Waals surface area contributed by atoms with E-state index in [2.05, 4.69) is 4.98 Å². The third-order valence-electron chi connectivity index (χ3n) is 3.90. The van der Waals surface area contributed by atoms with Crippen LogP contribution in [-0.2, 0) is 4.79 Å². The van der Waals surface area contributed by atoms with Crippen molar-refractivity contribution < 1.29 is 4.79 Å². The Bertz CT molecular complexity index is 654. The number of carbonyl (C=O) groups is 1. The van der Waals surface area contributed by atoms with Crippen molar-refractivity contribution in [3.05, 3.63) is 47.9 Å². The molecule has 0 bridgehead atoms. The molecule has 4 nitrogen and oxygen atoms in total. The second-order valence-electron chi connectivity index (χ2n) is 5.49. The van der Waals surface area contributed by atoms with Gasteiger partial charge < -0.3 is 4.90 Å². The minimum atomic E-state index is 0.0184. The molecule has 1 fully saturated rings. The zero-order valence-electron chi connectivity index (χ0n) is 12.4. The van der Waals surface area contributed by atoms with Crippen LogP contribution in [0.5, 0.6) is 0 Å². The maximum absolute atomic E-state index is 11.7. The van der Waals surface area contributed by atoms with Crippen molar-refractivity contribution in [3.63, 3.8) is 0 Å². The number of aryl methyl sites for hydroxylation is 1. The van der Waals surface area contributed by atoms with Gasteiger partial charge in [0.05, 0.1) is 11.7 Å². The van der Waals surface area contributed by atoms with E-state index < -0.39 is 0 Å². The molecule has 1 unspecified atom stereocenters. The van der Waals surface area contributed by atoms with E-state index >= 15 is 0 Å². The molecule has 4 heteroatoms. The molecule has 21 heavy (non-hydrogen) atoms. The number of aromatic nitrogens is 2. The summed E-state index contributed by atoms with van der Waals surface area (Å²) in [6.07, 6.45) is 1.96. The van der Waals surface area contributed by atoms with Crippen molar-refractivity contribution in [2.75, 3.05) is 6.54 Å². The molecule has 1 aromatic carbocycles. The number of benzene rings is 1. The van der Waals surface area contributed by atoms with Gasteiger partial charge >= 0.3 is 0 Å². The summed E-state index contributed by atoms with van der Waals surface area (Å²) in [5, 5.41) is 0. The van der Waals surface area contributed by atoms with Gasteiger partial charge in [-0.1, -0.05) is 30.3 Å². The fourth-order valence-electron chi connectivity index (χ4n) is 2.91. The van der Waals surface area contributed by atoms with E-state index in [4.69, 9.17) is 4.98 Å². The van der Waals surface area contributed by atoms with Crippen LogP contribution in [0.15, 0.2) is 36.4 Å². The van der Waals surface area contributed by atoms with Gasteiger partial charge in [0.2, 0.25) is 5.91 Å². The Morgan fingerprint density at radius 1 is 1.24 bits per heavy atom. The molecule has 1 saturated heterocycles. The SMILES string of the molecule is CC(=O)N1CCCC1c1nc(C)cc(-c2ccccc2)n1. The fraction of sp³-hybridized carbons (Fsp3) is 0.353. The van der Waals surface area contributed by atoms with Gasteiger partial charge in [-0.2, -0.15) is 0 Å². The molecule has 0 saturated carbocycles. The first-order chi connectivity index (χ1) is 10.1. The van der Waals surface area contributed by atoms with Gasteiger partial charge in [-0.15, -0.1) is 0 Å². The van der Waals surface area contributed by atoms with Crippen LogP contribution in [0.3, 0.4) is 0 Å². The highest BCUT2D eigenvalue weighted by Gasteiger charge is 2.30. The quantitative estimate of drug-likeness (QED) is 0.849. The smallest absolute Gasteiger partial charge is 0.220 e. The first kappa shape index (κ1) is 13.7. The van der Waals surface area contributed by atoms with Crippen LogP contribution in [0.4, 0.5) is 0 Å². The number of carbonyl (C=O) groups excluding carboxylic acids is 1. The third kappa shape index (κ3) is 2.79. The standard InChI is InChI=1S/C17H19N3O/c1-12-11-15(14-7-4-3-5-8-14)19-17(18-12)16-9-6-10-20(16)13(2)21/h3-5,7-8,11,16H,6,9-10H2,1-2H3. The predicted octanol–water partition coefficient (Wildman–Crippen LogP) is 3.14. The second kappa shape index (κ2) is 5.64. The average molecular weight is 281 g/mol. The summed E-state index contributed by atoms with van der Waals surface area (Å²) < 4.78 is 0. The summed E-state index contributed by atoms with van der Waals surface area (Å²) in [5.74, 6) is 0.866. The summed E-state index contributed by atoms with van der Waals surface area (Å²) in [5.41, 5.74) is 2.94. The molecule has 0 radical (unpaired) electrons. The van der Waals surface area contributed by atoms with Crippen LogP contribution >= 0.6 is 0 Å². The highest BCUT2D eigenvalue weighted by Crippen LogP contribution is 2.31. The number of amides is 1. The van der Waals surface area contributed by atoms with Crippen LogP contribution in [0, 0.1) is 6.92 Å². The molecular weight excluding hydrogens is 262 g/mol. The van der Waals surface area contributed by atoms with E-state index in [9.17, 15) is 4.79 Å². The minimum absolute atomic E-state index is 0.0184. The zero-order chi connectivity index (χ0) is 14.8. The monoisotopic (exact) mass is 281 g/mol. The Kier molecular flexibility index (Phi) is 3.69. The van der Waals surface area contributed by atoms with E-state index in [1.165, 1.54) is 0 Å². The lowest BCUT2D eigenvalue weighted by Gasteiger charge is -2.22. The first-order valence-electron chi connectivity index (χ1n) is 7.33. The van der Waals surface area contributed by atoms with E-state index in [0.29, 0.717) is 0 Å². The fourth-order valence-corrected chi connectivity index (χ4v) is 2.91. The van der Waals surface area contributed by atoms with Gasteiger partial charge in [0.1, 0.15) is 0 Å².